The Morgan fingerprint density at radius 1 is 1.40 bits per heavy atom. The van der Waals surface area contributed by atoms with Crippen LogP contribution in [0.2, 0.25) is 0 Å². The number of para-hydroxylation sites is 1. The van der Waals surface area contributed by atoms with Crippen LogP contribution in [0.3, 0.4) is 0 Å². The molecule has 0 amide bonds. The summed E-state index contributed by atoms with van der Waals surface area (Å²) in [5.41, 5.74) is 1.12. The van der Waals surface area contributed by atoms with Crippen LogP contribution in [0.25, 0.3) is 10.9 Å². The van der Waals surface area contributed by atoms with E-state index in [1.54, 1.807) is 11.8 Å². The first-order valence-electron chi connectivity index (χ1n) is 6.85. The fraction of sp³-hybridized carbons (Fsp3) is 0.400. The summed E-state index contributed by atoms with van der Waals surface area (Å²) in [6.07, 6.45) is 0. The molecular formula is C15H20N2O2S. The molecule has 5 heteroatoms. The van der Waals surface area contributed by atoms with E-state index in [4.69, 9.17) is 4.74 Å². The van der Waals surface area contributed by atoms with Crippen LogP contribution in [0.1, 0.15) is 13.8 Å². The lowest BCUT2D eigenvalue weighted by molar-refractivity contribution is -0.144. The number of carbonyl (C=O) groups excluding carboxylic acids is 1. The number of nitrogens with one attached hydrogen (secondary N) is 2. The van der Waals surface area contributed by atoms with Crippen molar-refractivity contribution in [3.63, 3.8) is 0 Å². The molecule has 0 saturated heterocycles. The van der Waals surface area contributed by atoms with Gasteiger partial charge in [0, 0.05) is 16.7 Å². The van der Waals surface area contributed by atoms with Crippen molar-refractivity contribution in [2.24, 2.45) is 0 Å². The maximum Gasteiger partial charge on any atom is 0.323 e. The predicted molar refractivity (Wildman–Crippen MR) is 83.1 cm³/mol. The van der Waals surface area contributed by atoms with E-state index in [-0.39, 0.29) is 12.0 Å². The molecule has 0 aliphatic carbocycles. The molecule has 108 valence electrons. The number of esters is 1. The zero-order valence-corrected chi connectivity index (χ0v) is 12.6. The topological polar surface area (TPSA) is 54.1 Å². The molecule has 0 radical (unpaired) electrons. The van der Waals surface area contributed by atoms with E-state index in [9.17, 15) is 4.79 Å². The number of thioether (sulfide) groups is 1. The van der Waals surface area contributed by atoms with Crippen LogP contribution in [0.5, 0.6) is 0 Å². The molecular weight excluding hydrogens is 272 g/mol. The third-order valence-electron chi connectivity index (χ3n) is 2.93. The van der Waals surface area contributed by atoms with Gasteiger partial charge in [0.1, 0.15) is 6.04 Å². The maximum absolute atomic E-state index is 11.8. The summed E-state index contributed by atoms with van der Waals surface area (Å²) in [5.74, 6) is 0.470. The standard InChI is InChI=1S/C15H20N2O2S/c1-3-16-13(15(18)19-4-2)10-20-14-9-11-7-5-6-8-12(11)17-14/h5-9,13,16-17H,3-4,10H2,1-2H3. The first-order chi connectivity index (χ1) is 9.74. The molecule has 1 heterocycles. The summed E-state index contributed by atoms with van der Waals surface area (Å²) in [5, 5.41) is 5.42. The van der Waals surface area contributed by atoms with Crippen LogP contribution in [0.15, 0.2) is 35.4 Å². The van der Waals surface area contributed by atoms with Gasteiger partial charge in [-0.05, 0) is 25.6 Å². The van der Waals surface area contributed by atoms with E-state index in [0.29, 0.717) is 12.4 Å². The fourth-order valence-electron chi connectivity index (χ4n) is 2.00. The number of benzene rings is 1. The number of aromatic amines is 1. The Kier molecular flexibility index (Phi) is 5.49. The van der Waals surface area contributed by atoms with Gasteiger partial charge < -0.3 is 15.0 Å². The molecule has 1 aromatic carbocycles. The molecule has 1 unspecified atom stereocenters. The molecule has 0 bridgehead atoms. The quantitative estimate of drug-likeness (QED) is 0.608. The van der Waals surface area contributed by atoms with Gasteiger partial charge >= 0.3 is 5.97 Å². The molecule has 0 aliphatic heterocycles. The van der Waals surface area contributed by atoms with Crippen molar-refractivity contribution >= 4 is 28.6 Å². The number of aromatic nitrogens is 1. The molecule has 0 aliphatic rings. The second kappa shape index (κ2) is 7.36. The van der Waals surface area contributed by atoms with E-state index < -0.39 is 0 Å². The summed E-state index contributed by atoms with van der Waals surface area (Å²) in [7, 11) is 0. The zero-order valence-electron chi connectivity index (χ0n) is 11.8. The van der Waals surface area contributed by atoms with Crippen LogP contribution < -0.4 is 5.32 Å². The van der Waals surface area contributed by atoms with Crippen LogP contribution in [-0.2, 0) is 9.53 Å². The number of H-pyrrole nitrogens is 1. The Morgan fingerprint density at radius 2 is 2.20 bits per heavy atom. The van der Waals surface area contributed by atoms with Crippen molar-refractivity contribution < 1.29 is 9.53 Å². The first-order valence-corrected chi connectivity index (χ1v) is 7.83. The fourth-order valence-corrected chi connectivity index (χ4v) is 2.99. The summed E-state index contributed by atoms with van der Waals surface area (Å²) in [4.78, 5) is 15.2. The minimum atomic E-state index is -0.267. The monoisotopic (exact) mass is 292 g/mol. The molecule has 2 aromatic rings. The second-order valence-electron chi connectivity index (χ2n) is 4.39. The van der Waals surface area contributed by atoms with Gasteiger partial charge in [0.05, 0.1) is 11.6 Å². The van der Waals surface area contributed by atoms with Crippen molar-refractivity contribution in [2.75, 3.05) is 18.9 Å². The van der Waals surface area contributed by atoms with Gasteiger partial charge in [-0.3, -0.25) is 4.79 Å². The molecule has 2 rings (SSSR count). The van der Waals surface area contributed by atoms with Crippen molar-refractivity contribution in [1.29, 1.82) is 0 Å². The van der Waals surface area contributed by atoms with Crippen molar-refractivity contribution in [1.82, 2.24) is 10.3 Å². The zero-order chi connectivity index (χ0) is 14.4. The van der Waals surface area contributed by atoms with Gasteiger partial charge in [0.15, 0.2) is 0 Å². The average Bonchev–Trinajstić information content (AvgIpc) is 2.86. The van der Waals surface area contributed by atoms with Gasteiger partial charge in [-0.15, -0.1) is 11.8 Å². The first kappa shape index (κ1) is 14.9. The average molecular weight is 292 g/mol. The summed E-state index contributed by atoms with van der Waals surface area (Å²) in [6, 6.07) is 9.98. The number of hydrogen-bond donors (Lipinski definition) is 2. The van der Waals surface area contributed by atoms with Crippen molar-refractivity contribution in [3.8, 4) is 0 Å². The van der Waals surface area contributed by atoms with E-state index in [2.05, 4.69) is 22.4 Å². The van der Waals surface area contributed by atoms with Crippen LogP contribution in [0.4, 0.5) is 0 Å². The van der Waals surface area contributed by atoms with E-state index in [0.717, 1.165) is 17.1 Å². The highest BCUT2D eigenvalue weighted by Gasteiger charge is 2.19. The highest BCUT2D eigenvalue weighted by atomic mass is 32.2. The number of ether oxygens (including phenoxy) is 1. The van der Waals surface area contributed by atoms with E-state index >= 15 is 0 Å². The Balaban J connectivity index is 1.99. The molecule has 4 nitrogen and oxygen atoms in total. The molecule has 0 saturated carbocycles. The number of carbonyl (C=O) groups is 1. The van der Waals surface area contributed by atoms with Crippen molar-refractivity contribution in [2.45, 2.75) is 24.9 Å². The number of rotatable bonds is 7. The van der Waals surface area contributed by atoms with E-state index in [1.807, 2.05) is 32.0 Å². The molecule has 20 heavy (non-hydrogen) atoms. The van der Waals surface area contributed by atoms with E-state index in [1.165, 1.54) is 5.39 Å². The van der Waals surface area contributed by atoms with Crippen molar-refractivity contribution in [3.05, 3.63) is 30.3 Å². The lowest BCUT2D eigenvalue weighted by Crippen LogP contribution is -2.40. The van der Waals surface area contributed by atoms with Crippen LogP contribution in [0, 0.1) is 0 Å². The second-order valence-corrected chi connectivity index (χ2v) is 5.46. The third kappa shape index (κ3) is 3.77. The molecule has 0 spiro atoms. The minimum Gasteiger partial charge on any atom is -0.465 e. The molecule has 0 fully saturated rings. The normalized spacial score (nSPS) is 12.5. The summed E-state index contributed by atoms with van der Waals surface area (Å²) < 4.78 is 5.08. The lowest BCUT2D eigenvalue weighted by Gasteiger charge is -2.15. The van der Waals surface area contributed by atoms with Gasteiger partial charge in [0.25, 0.3) is 0 Å². The third-order valence-corrected chi connectivity index (χ3v) is 3.96. The largest absolute Gasteiger partial charge is 0.465 e. The maximum atomic E-state index is 11.8. The Bertz CT molecular complexity index is 535. The van der Waals surface area contributed by atoms with Gasteiger partial charge in [-0.2, -0.15) is 0 Å². The summed E-state index contributed by atoms with van der Waals surface area (Å²) in [6.45, 7) is 4.97. The lowest BCUT2D eigenvalue weighted by atomic mass is 10.3. The number of hydrogen-bond acceptors (Lipinski definition) is 4. The van der Waals surface area contributed by atoms with Crippen LogP contribution >= 0.6 is 11.8 Å². The van der Waals surface area contributed by atoms with Gasteiger partial charge in [0.2, 0.25) is 0 Å². The molecule has 2 N–H and O–H groups in total. The van der Waals surface area contributed by atoms with Gasteiger partial charge in [-0.25, -0.2) is 0 Å². The Morgan fingerprint density at radius 3 is 2.90 bits per heavy atom. The smallest absolute Gasteiger partial charge is 0.323 e. The molecule has 1 atom stereocenters. The Hall–Kier alpha value is -1.46. The highest BCUT2D eigenvalue weighted by molar-refractivity contribution is 7.99. The van der Waals surface area contributed by atoms with Crippen LogP contribution in [-0.4, -0.2) is 35.9 Å². The number of fused-ring (bicyclic) bond motifs is 1. The molecule has 1 aromatic heterocycles. The minimum absolute atomic E-state index is 0.182. The Labute approximate surface area is 123 Å². The predicted octanol–water partition coefficient (Wildman–Crippen LogP) is 2.80. The highest BCUT2D eigenvalue weighted by Crippen LogP contribution is 2.23. The number of likely N-dealkylation sites (N-methyl/N-ethyl adjacent to an activating group) is 1. The summed E-state index contributed by atoms with van der Waals surface area (Å²) >= 11 is 1.63. The SMILES string of the molecule is CCNC(CSc1cc2ccccc2[nH]1)C(=O)OCC. The van der Waals surface area contributed by atoms with Gasteiger partial charge in [-0.1, -0.05) is 25.1 Å².